The lowest BCUT2D eigenvalue weighted by Crippen LogP contribution is -2.55. The molecule has 0 unspecified atom stereocenters. The zero-order valence-electron chi connectivity index (χ0n) is 18.1. The van der Waals surface area contributed by atoms with Gasteiger partial charge in [-0.2, -0.15) is 0 Å². The van der Waals surface area contributed by atoms with Crippen molar-refractivity contribution >= 4 is 23.3 Å². The van der Waals surface area contributed by atoms with Crippen LogP contribution in [-0.4, -0.2) is 29.0 Å². The van der Waals surface area contributed by atoms with Crippen molar-refractivity contribution in [2.24, 2.45) is 5.41 Å². The molecule has 0 aliphatic heterocycles. The van der Waals surface area contributed by atoms with E-state index in [1.807, 2.05) is 51.1 Å². The lowest BCUT2D eigenvalue weighted by molar-refractivity contribution is -0.169. The number of phenolic OH excluding ortho intramolecular Hbond substituents is 1. The molecule has 2 aromatic rings. The van der Waals surface area contributed by atoms with Gasteiger partial charge in [-0.3, -0.25) is 4.79 Å². The Hall–Kier alpha value is -2.80. The third-order valence-corrected chi connectivity index (χ3v) is 4.64. The summed E-state index contributed by atoms with van der Waals surface area (Å²) in [5.41, 5.74) is 0.227. The molecule has 0 radical (unpaired) electrons. The van der Waals surface area contributed by atoms with E-state index in [1.54, 1.807) is 25.1 Å². The topological polar surface area (TPSA) is 79.8 Å². The fourth-order valence-corrected chi connectivity index (χ4v) is 3.04. The number of benzene rings is 2. The molecule has 0 saturated heterocycles. The first-order valence-electron chi connectivity index (χ1n) is 9.72. The van der Waals surface area contributed by atoms with E-state index < -0.39 is 11.1 Å². The number of carbonyl (C=O) groups excluding carboxylic acids is 1. The van der Waals surface area contributed by atoms with E-state index in [4.69, 9.17) is 21.7 Å². The molecule has 1 atom stereocenters. The molecule has 162 valence electrons. The van der Waals surface area contributed by atoms with Gasteiger partial charge in [0.25, 0.3) is 0 Å². The molecule has 0 saturated carbocycles. The van der Waals surface area contributed by atoms with Crippen molar-refractivity contribution in [3.8, 4) is 11.5 Å². The van der Waals surface area contributed by atoms with Crippen molar-refractivity contribution in [1.82, 2.24) is 10.6 Å². The predicted molar refractivity (Wildman–Crippen MR) is 121 cm³/mol. The maximum atomic E-state index is 12.6. The average Bonchev–Trinajstić information content (AvgIpc) is 2.67. The van der Waals surface area contributed by atoms with Crippen LogP contribution in [0.1, 0.15) is 38.8 Å². The summed E-state index contributed by atoms with van der Waals surface area (Å²) in [6, 6.07) is 14.8. The smallest absolute Gasteiger partial charge is 0.313 e. The number of phenols is 1. The minimum atomic E-state index is -1.03. The molecule has 0 fully saturated rings. The lowest BCUT2D eigenvalue weighted by Gasteiger charge is -2.34. The summed E-state index contributed by atoms with van der Waals surface area (Å²) in [5.74, 6) is 0.146. The Labute approximate surface area is 183 Å². The van der Waals surface area contributed by atoms with Crippen LogP contribution in [0.15, 0.2) is 48.5 Å². The van der Waals surface area contributed by atoms with Gasteiger partial charge in [0.05, 0.1) is 12.5 Å². The van der Waals surface area contributed by atoms with Crippen LogP contribution in [0.5, 0.6) is 11.5 Å². The summed E-state index contributed by atoms with van der Waals surface area (Å²) in [6.45, 7) is 7.66. The van der Waals surface area contributed by atoms with Gasteiger partial charge in [-0.25, -0.2) is 0 Å². The van der Waals surface area contributed by atoms with E-state index in [0.717, 1.165) is 11.1 Å². The van der Waals surface area contributed by atoms with Gasteiger partial charge in [0.1, 0.15) is 0 Å². The van der Waals surface area contributed by atoms with Crippen LogP contribution in [0.4, 0.5) is 0 Å². The monoisotopic (exact) mass is 430 g/mol. The molecule has 7 heteroatoms. The number of esters is 1. The number of aromatic hydroxyl groups is 1. The molecular formula is C23H30N2O4S. The first-order valence-corrected chi connectivity index (χ1v) is 10.1. The number of thiocarbonyl (C=S) groups is 1. The van der Waals surface area contributed by atoms with E-state index in [-0.39, 0.29) is 11.7 Å². The Balaban J connectivity index is 2.10. The highest BCUT2D eigenvalue weighted by atomic mass is 32.1. The van der Waals surface area contributed by atoms with Crippen LogP contribution < -0.4 is 15.4 Å². The summed E-state index contributed by atoms with van der Waals surface area (Å²) in [4.78, 5) is 12.6. The molecule has 2 aromatic carbocycles. The number of methoxy groups -OCH3 is 1. The largest absolute Gasteiger partial charge is 0.504 e. The SMILES string of the molecule is COc1cc(CNC(=S)N[C@@](C)(Cc2ccccc2)OC(=O)C(C)(C)C)ccc1O. The van der Waals surface area contributed by atoms with Crippen LogP contribution >= 0.6 is 12.2 Å². The van der Waals surface area contributed by atoms with Crippen LogP contribution in [-0.2, 0) is 22.5 Å². The van der Waals surface area contributed by atoms with E-state index in [9.17, 15) is 9.90 Å². The molecule has 0 aliphatic rings. The first kappa shape index (κ1) is 23.5. The Morgan fingerprint density at radius 2 is 1.73 bits per heavy atom. The van der Waals surface area contributed by atoms with E-state index >= 15 is 0 Å². The Morgan fingerprint density at radius 3 is 2.33 bits per heavy atom. The fraction of sp³-hybridized carbons (Fsp3) is 0.391. The zero-order valence-corrected chi connectivity index (χ0v) is 18.9. The van der Waals surface area contributed by atoms with Crippen molar-refractivity contribution in [2.75, 3.05) is 7.11 Å². The maximum absolute atomic E-state index is 12.6. The van der Waals surface area contributed by atoms with Gasteiger partial charge in [0.15, 0.2) is 22.3 Å². The molecule has 3 N–H and O–H groups in total. The number of ether oxygens (including phenoxy) is 2. The third-order valence-electron chi connectivity index (χ3n) is 4.39. The van der Waals surface area contributed by atoms with Crippen LogP contribution in [0.3, 0.4) is 0 Å². The quantitative estimate of drug-likeness (QED) is 0.349. The van der Waals surface area contributed by atoms with Gasteiger partial charge in [-0.15, -0.1) is 0 Å². The minimum Gasteiger partial charge on any atom is -0.504 e. The second kappa shape index (κ2) is 9.80. The van der Waals surface area contributed by atoms with Gasteiger partial charge < -0.3 is 25.2 Å². The molecule has 2 rings (SSSR count). The molecule has 6 nitrogen and oxygen atoms in total. The maximum Gasteiger partial charge on any atom is 0.313 e. The Morgan fingerprint density at radius 1 is 1.07 bits per heavy atom. The molecule has 0 bridgehead atoms. The minimum absolute atomic E-state index is 0.0754. The number of nitrogens with one attached hydrogen (secondary N) is 2. The molecule has 0 aromatic heterocycles. The Kier molecular flexibility index (Phi) is 7.67. The first-order chi connectivity index (χ1) is 14.0. The van der Waals surface area contributed by atoms with Crippen molar-refractivity contribution in [2.45, 2.75) is 46.4 Å². The molecule has 0 spiro atoms. The van der Waals surface area contributed by atoms with Crippen molar-refractivity contribution in [1.29, 1.82) is 0 Å². The second-order valence-corrected chi connectivity index (χ2v) is 8.75. The number of hydrogen-bond donors (Lipinski definition) is 3. The van der Waals surface area contributed by atoms with E-state index in [0.29, 0.717) is 23.8 Å². The highest BCUT2D eigenvalue weighted by molar-refractivity contribution is 7.80. The lowest BCUT2D eigenvalue weighted by atomic mass is 9.96. The molecule has 0 heterocycles. The second-order valence-electron chi connectivity index (χ2n) is 8.35. The molecule has 0 amide bonds. The number of carbonyl (C=O) groups is 1. The zero-order chi connectivity index (χ0) is 22.4. The van der Waals surface area contributed by atoms with E-state index in [1.165, 1.54) is 7.11 Å². The van der Waals surface area contributed by atoms with E-state index in [2.05, 4.69) is 10.6 Å². The fourth-order valence-electron chi connectivity index (χ4n) is 2.75. The third kappa shape index (κ3) is 6.91. The summed E-state index contributed by atoms with van der Waals surface area (Å²) in [6.07, 6.45) is 0.449. The van der Waals surface area contributed by atoms with Crippen LogP contribution in [0.2, 0.25) is 0 Å². The summed E-state index contributed by atoms with van der Waals surface area (Å²) in [7, 11) is 1.50. The number of rotatable bonds is 7. The molecule has 30 heavy (non-hydrogen) atoms. The highest BCUT2D eigenvalue weighted by Crippen LogP contribution is 2.26. The summed E-state index contributed by atoms with van der Waals surface area (Å²) in [5, 5.41) is 16.3. The van der Waals surface area contributed by atoms with Crippen molar-refractivity contribution in [3.63, 3.8) is 0 Å². The van der Waals surface area contributed by atoms with Crippen LogP contribution in [0.25, 0.3) is 0 Å². The average molecular weight is 431 g/mol. The van der Waals surface area contributed by atoms with Crippen molar-refractivity contribution < 1.29 is 19.4 Å². The summed E-state index contributed by atoms with van der Waals surface area (Å²) < 4.78 is 11.0. The van der Waals surface area contributed by atoms with Gasteiger partial charge >= 0.3 is 5.97 Å². The van der Waals surface area contributed by atoms with Crippen molar-refractivity contribution in [3.05, 3.63) is 59.7 Å². The van der Waals surface area contributed by atoms with Gasteiger partial charge in [-0.1, -0.05) is 36.4 Å². The van der Waals surface area contributed by atoms with Gasteiger partial charge in [0.2, 0.25) is 0 Å². The van der Waals surface area contributed by atoms with Crippen LogP contribution in [0, 0.1) is 5.41 Å². The standard InChI is InChI=1S/C23H30N2O4S/c1-22(2,3)20(27)29-23(4,14-16-9-7-6-8-10-16)25-21(30)24-15-17-11-12-18(26)19(13-17)28-5/h6-13,26H,14-15H2,1-5H3,(H2,24,25,30)/t23-/m1/s1. The Bertz CT molecular complexity index is 881. The van der Waals surface area contributed by atoms with Gasteiger partial charge in [-0.05, 0) is 63.2 Å². The predicted octanol–water partition coefficient (Wildman–Crippen LogP) is 3.91. The number of hydrogen-bond acceptors (Lipinski definition) is 5. The highest BCUT2D eigenvalue weighted by Gasteiger charge is 2.34. The summed E-state index contributed by atoms with van der Waals surface area (Å²) >= 11 is 5.46. The molecular weight excluding hydrogens is 400 g/mol. The molecule has 0 aliphatic carbocycles. The normalized spacial score (nSPS) is 13.1. The van der Waals surface area contributed by atoms with Gasteiger partial charge in [0, 0.05) is 13.0 Å².